The lowest BCUT2D eigenvalue weighted by atomic mass is 10.1. The molecule has 0 saturated heterocycles. The summed E-state index contributed by atoms with van der Waals surface area (Å²) < 4.78 is 0. The molecule has 2 aromatic rings. The average Bonchev–Trinajstić information content (AvgIpc) is 3.00. The SMILES string of the molecule is NCc1nc(C(=O)NCCCCCc2ccccc2)cs1. The summed E-state index contributed by atoms with van der Waals surface area (Å²) in [5.74, 6) is -0.103. The summed E-state index contributed by atoms with van der Waals surface area (Å²) in [7, 11) is 0. The van der Waals surface area contributed by atoms with E-state index in [4.69, 9.17) is 5.73 Å². The highest BCUT2D eigenvalue weighted by Crippen LogP contribution is 2.09. The first-order valence-corrected chi connectivity index (χ1v) is 8.14. The summed E-state index contributed by atoms with van der Waals surface area (Å²) in [6, 6.07) is 10.5. The number of nitrogens with two attached hydrogens (primary N) is 1. The lowest BCUT2D eigenvalue weighted by molar-refractivity contribution is 0.0948. The molecule has 0 aliphatic rings. The molecule has 2 rings (SSSR count). The van der Waals surface area contributed by atoms with Crippen LogP contribution in [-0.4, -0.2) is 17.4 Å². The number of benzene rings is 1. The van der Waals surface area contributed by atoms with Crippen molar-refractivity contribution >= 4 is 17.2 Å². The fourth-order valence-corrected chi connectivity index (χ4v) is 2.73. The van der Waals surface area contributed by atoms with E-state index < -0.39 is 0 Å². The van der Waals surface area contributed by atoms with Gasteiger partial charge in [0.1, 0.15) is 10.7 Å². The summed E-state index contributed by atoms with van der Waals surface area (Å²) in [6.07, 6.45) is 4.35. The summed E-state index contributed by atoms with van der Waals surface area (Å²) >= 11 is 1.43. The third kappa shape index (κ3) is 5.28. The molecule has 1 amide bonds. The van der Waals surface area contributed by atoms with E-state index in [1.165, 1.54) is 16.9 Å². The van der Waals surface area contributed by atoms with Gasteiger partial charge in [0.15, 0.2) is 0 Å². The van der Waals surface area contributed by atoms with Crippen LogP contribution in [0.25, 0.3) is 0 Å². The van der Waals surface area contributed by atoms with E-state index in [1.807, 2.05) is 6.07 Å². The maximum absolute atomic E-state index is 11.8. The molecule has 0 saturated carbocycles. The van der Waals surface area contributed by atoms with Gasteiger partial charge in [-0.3, -0.25) is 4.79 Å². The zero-order chi connectivity index (χ0) is 14.9. The van der Waals surface area contributed by atoms with E-state index >= 15 is 0 Å². The zero-order valence-corrected chi connectivity index (χ0v) is 12.9. The van der Waals surface area contributed by atoms with Crippen molar-refractivity contribution in [1.29, 1.82) is 0 Å². The van der Waals surface area contributed by atoms with Gasteiger partial charge in [-0.25, -0.2) is 4.98 Å². The highest BCUT2D eigenvalue weighted by molar-refractivity contribution is 7.09. The molecule has 3 N–H and O–H groups in total. The van der Waals surface area contributed by atoms with Gasteiger partial charge >= 0.3 is 0 Å². The molecule has 0 unspecified atom stereocenters. The normalized spacial score (nSPS) is 10.5. The maximum Gasteiger partial charge on any atom is 0.270 e. The van der Waals surface area contributed by atoms with Crippen molar-refractivity contribution in [2.75, 3.05) is 6.54 Å². The largest absolute Gasteiger partial charge is 0.351 e. The van der Waals surface area contributed by atoms with E-state index in [-0.39, 0.29) is 5.91 Å². The van der Waals surface area contributed by atoms with Crippen molar-refractivity contribution in [2.45, 2.75) is 32.2 Å². The molecule has 0 radical (unpaired) electrons. The number of nitrogens with zero attached hydrogens (tertiary/aromatic N) is 1. The van der Waals surface area contributed by atoms with Crippen molar-refractivity contribution in [3.8, 4) is 0 Å². The van der Waals surface area contributed by atoms with Gasteiger partial charge < -0.3 is 11.1 Å². The lowest BCUT2D eigenvalue weighted by Gasteiger charge is -2.04. The Morgan fingerprint density at radius 2 is 2.00 bits per heavy atom. The quantitative estimate of drug-likeness (QED) is 0.737. The molecule has 4 nitrogen and oxygen atoms in total. The Balaban J connectivity index is 1.58. The molecular formula is C16H21N3OS. The number of amides is 1. The summed E-state index contributed by atoms with van der Waals surface area (Å²) in [5, 5.41) is 5.45. The molecule has 1 heterocycles. The second-order valence-electron chi connectivity index (χ2n) is 4.88. The number of nitrogens with one attached hydrogen (secondary N) is 1. The van der Waals surface area contributed by atoms with Crippen LogP contribution in [-0.2, 0) is 13.0 Å². The van der Waals surface area contributed by atoms with Gasteiger partial charge in [0.25, 0.3) is 5.91 Å². The van der Waals surface area contributed by atoms with Gasteiger partial charge in [-0.05, 0) is 24.8 Å². The molecule has 5 heteroatoms. The average molecular weight is 303 g/mol. The highest BCUT2D eigenvalue weighted by Gasteiger charge is 2.08. The molecule has 0 atom stereocenters. The Morgan fingerprint density at radius 3 is 2.71 bits per heavy atom. The third-order valence-electron chi connectivity index (χ3n) is 3.23. The minimum absolute atomic E-state index is 0.103. The number of rotatable bonds is 8. The lowest BCUT2D eigenvalue weighted by Crippen LogP contribution is -2.24. The number of aromatic nitrogens is 1. The number of hydrogen-bond donors (Lipinski definition) is 2. The van der Waals surface area contributed by atoms with E-state index in [9.17, 15) is 4.79 Å². The van der Waals surface area contributed by atoms with Gasteiger partial charge in [-0.1, -0.05) is 36.8 Å². The molecule has 0 fully saturated rings. The predicted octanol–water partition coefficient (Wildman–Crippen LogP) is 2.74. The second kappa shape index (κ2) is 8.54. The van der Waals surface area contributed by atoms with Crippen LogP contribution in [0.4, 0.5) is 0 Å². The topological polar surface area (TPSA) is 68.0 Å². The van der Waals surface area contributed by atoms with Gasteiger partial charge in [0, 0.05) is 18.5 Å². The predicted molar refractivity (Wildman–Crippen MR) is 86.3 cm³/mol. The number of thiazole rings is 1. The molecule has 21 heavy (non-hydrogen) atoms. The van der Waals surface area contributed by atoms with Gasteiger partial charge in [0.2, 0.25) is 0 Å². The molecular weight excluding hydrogens is 282 g/mol. The molecule has 112 valence electrons. The van der Waals surface area contributed by atoms with Gasteiger partial charge in [0.05, 0.1) is 0 Å². The van der Waals surface area contributed by atoms with Crippen LogP contribution in [0.3, 0.4) is 0 Å². The number of aryl methyl sites for hydroxylation is 1. The zero-order valence-electron chi connectivity index (χ0n) is 12.0. The Hall–Kier alpha value is -1.72. The standard InChI is InChI=1S/C16H21N3OS/c17-11-15-19-14(12-21-15)16(20)18-10-6-2-5-9-13-7-3-1-4-8-13/h1,3-4,7-8,12H,2,5-6,9-11,17H2,(H,18,20). The van der Waals surface area contributed by atoms with Crippen LogP contribution >= 0.6 is 11.3 Å². The van der Waals surface area contributed by atoms with Crippen LogP contribution in [0.2, 0.25) is 0 Å². The molecule has 0 aliphatic carbocycles. The van der Waals surface area contributed by atoms with Crippen LogP contribution in [0, 0.1) is 0 Å². The Morgan fingerprint density at radius 1 is 1.19 bits per heavy atom. The van der Waals surface area contributed by atoms with Crippen LogP contribution in [0.15, 0.2) is 35.7 Å². The van der Waals surface area contributed by atoms with Gasteiger partial charge in [-0.2, -0.15) is 0 Å². The van der Waals surface area contributed by atoms with Crippen molar-refractivity contribution in [3.63, 3.8) is 0 Å². The van der Waals surface area contributed by atoms with E-state index in [0.717, 1.165) is 30.7 Å². The third-order valence-corrected chi connectivity index (χ3v) is 4.10. The first kappa shape index (κ1) is 15.7. The summed E-state index contributed by atoms with van der Waals surface area (Å²) in [4.78, 5) is 16.0. The maximum atomic E-state index is 11.8. The monoisotopic (exact) mass is 303 g/mol. The summed E-state index contributed by atoms with van der Waals surface area (Å²) in [6.45, 7) is 1.08. The smallest absolute Gasteiger partial charge is 0.270 e. The Bertz CT molecular complexity index is 554. The van der Waals surface area contributed by atoms with E-state index in [1.54, 1.807) is 5.38 Å². The van der Waals surface area contributed by atoms with Crippen molar-refractivity contribution < 1.29 is 4.79 Å². The number of carbonyl (C=O) groups excluding carboxylic acids is 1. The van der Waals surface area contributed by atoms with Crippen molar-refractivity contribution in [1.82, 2.24) is 10.3 Å². The van der Waals surface area contributed by atoms with Crippen LogP contribution < -0.4 is 11.1 Å². The van der Waals surface area contributed by atoms with Gasteiger partial charge in [-0.15, -0.1) is 11.3 Å². The highest BCUT2D eigenvalue weighted by atomic mass is 32.1. The van der Waals surface area contributed by atoms with E-state index in [0.29, 0.717) is 18.8 Å². The first-order chi connectivity index (χ1) is 10.3. The molecule has 1 aromatic heterocycles. The summed E-state index contributed by atoms with van der Waals surface area (Å²) in [5.41, 5.74) is 7.33. The second-order valence-corrected chi connectivity index (χ2v) is 5.83. The van der Waals surface area contributed by atoms with Crippen molar-refractivity contribution in [3.05, 3.63) is 52.0 Å². The number of carbonyl (C=O) groups is 1. The fraction of sp³-hybridized carbons (Fsp3) is 0.375. The number of unbranched alkanes of at least 4 members (excludes halogenated alkanes) is 2. The molecule has 0 spiro atoms. The minimum Gasteiger partial charge on any atom is -0.351 e. The van der Waals surface area contributed by atoms with Crippen LogP contribution in [0.5, 0.6) is 0 Å². The molecule has 0 aliphatic heterocycles. The first-order valence-electron chi connectivity index (χ1n) is 7.26. The van der Waals surface area contributed by atoms with Crippen LogP contribution in [0.1, 0.15) is 40.3 Å². The van der Waals surface area contributed by atoms with Crippen molar-refractivity contribution in [2.24, 2.45) is 5.73 Å². The van der Waals surface area contributed by atoms with E-state index in [2.05, 4.69) is 34.6 Å². The fourth-order valence-electron chi connectivity index (χ4n) is 2.08. The number of hydrogen-bond acceptors (Lipinski definition) is 4. The molecule has 1 aromatic carbocycles. The Kier molecular flexibility index (Phi) is 6.37. The Labute approximate surface area is 129 Å². The minimum atomic E-state index is -0.103. The molecule has 0 bridgehead atoms.